The summed E-state index contributed by atoms with van der Waals surface area (Å²) in [5, 5.41) is 4.04. The molecular weight excluding hydrogens is 318 g/mol. The van der Waals surface area contributed by atoms with Crippen molar-refractivity contribution < 1.29 is 9.53 Å². The normalized spacial score (nSPS) is 20.2. The number of aromatic amines is 1. The van der Waals surface area contributed by atoms with Gasteiger partial charge in [0, 0.05) is 56.3 Å². The lowest BCUT2D eigenvalue weighted by Crippen LogP contribution is -2.32. The highest BCUT2D eigenvalue weighted by atomic mass is 16.5. The van der Waals surface area contributed by atoms with Crippen LogP contribution in [-0.2, 0) is 23.0 Å². The van der Waals surface area contributed by atoms with E-state index in [-0.39, 0.29) is 17.9 Å². The number of aromatic nitrogens is 4. The third-order valence-corrected chi connectivity index (χ3v) is 4.78. The van der Waals surface area contributed by atoms with Crippen LogP contribution in [0.25, 0.3) is 11.0 Å². The van der Waals surface area contributed by atoms with E-state index in [0.29, 0.717) is 19.6 Å². The molecule has 2 atom stereocenters. The van der Waals surface area contributed by atoms with Crippen LogP contribution in [0.4, 0.5) is 0 Å². The molecule has 3 aromatic rings. The van der Waals surface area contributed by atoms with Crippen molar-refractivity contribution in [2.24, 2.45) is 13.0 Å². The zero-order valence-electron chi connectivity index (χ0n) is 14.1. The minimum absolute atomic E-state index is 0.00948. The van der Waals surface area contributed by atoms with Crippen molar-refractivity contribution in [3.63, 3.8) is 0 Å². The highest BCUT2D eigenvalue weighted by Crippen LogP contribution is 2.32. The Balaban J connectivity index is 1.38. The molecule has 1 aliphatic heterocycles. The number of carbonyl (C=O) groups excluding carboxylic acids is 1. The van der Waals surface area contributed by atoms with Crippen LogP contribution in [0.3, 0.4) is 0 Å². The first-order valence-electron chi connectivity index (χ1n) is 8.49. The van der Waals surface area contributed by atoms with Gasteiger partial charge in [0.25, 0.3) is 0 Å². The van der Waals surface area contributed by atoms with Gasteiger partial charge < -0.3 is 19.6 Å². The maximum Gasteiger partial charge on any atom is 0.224 e. The molecule has 1 amide bonds. The number of aryl methyl sites for hydroxylation is 1. The van der Waals surface area contributed by atoms with E-state index in [2.05, 4.69) is 20.3 Å². The van der Waals surface area contributed by atoms with Gasteiger partial charge in [-0.3, -0.25) is 4.79 Å². The Morgan fingerprint density at radius 1 is 1.44 bits per heavy atom. The molecule has 4 rings (SSSR count). The van der Waals surface area contributed by atoms with Crippen molar-refractivity contribution in [2.75, 3.05) is 13.2 Å². The Morgan fingerprint density at radius 3 is 3.20 bits per heavy atom. The number of nitrogens with one attached hydrogen (secondary N) is 2. The number of hydrogen-bond acceptors (Lipinski definition) is 4. The van der Waals surface area contributed by atoms with E-state index < -0.39 is 0 Å². The fourth-order valence-electron chi connectivity index (χ4n) is 3.42. The summed E-state index contributed by atoms with van der Waals surface area (Å²) >= 11 is 0. The minimum atomic E-state index is -0.0578. The number of amides is 1. The van der Waals surface area contributed by atoms with Gasteiger partial charge in [-0.1, -0.05) is 0 Å². The lowest BCUT2D eigenvalue weighted by Gasteiger charge is -2.18. The molecule has 3 aromatic heterocycles. The van der Waals surface area contributed by atoms with E-state index in [1.165, 1.54) is 0 Å². The lowest BCUT2D eigenvalue weighted by molar-refractivity contribution is -0.120. The summed E-state index contributed by atoms with van der Waals surface area (Å²) in [6, 6.07) is 3.86. The van der Waals surface area contributed by atoms with Gasteiger partial charge in [0.1, 0.15) is 17.6 Å². The molecule has 7 nitrogen and oxygen atoms in total. The van der Waals surface area contributed by atoms with Crippen LogP contribution in [0.2, 0.25) is 0 Å². The van der Waals surface area contributed by atoms with Crippen LogP contribution < -0.4 is 5.32 Å². The first-order valence-corrected chi connectivity index (χ1v) is 8.49. The van der Waals surface area contributed by atoms with Crippen LogP contribution >= 0.6 is 0 Å². The van der Waals surface area contributed by atoms with E-state index in [1.54, 1.807) is 12.4 Å². The standard InChI is InChI=1S/C18H21N5O2/c1-23-7-6-20-18(23)16-12(4-8-25-16)10-21-15(24)9-13-11-22-17-14(13)3-2-5-19-17/h2-3,5-7,11-12,16H,4,8-10H2,1H3,(H,19,22)(H,21,24)/t12-,16+/m0/s1. The van der Waals surface area contributed by atoms with Crippen LogP contribution in [0.1, 0.15) is 23.9 Å². The molecule has 0 unspecified atom stereocenters. The molecule has 4 heterocycles. The molecular formula is C18H21N5O2. The van der Waals surface area contributed by atoms with Gasteiger partial charge in [-0.15, -0.1) is 0 Å². The number of carbonyl (C=O) groups is 1. The van der Waals surface area contributed by atoms with Crippen LogP contribution in [0.5, 0.6) is 0 Å². The molecule has 130 valence electrons. The van der Waals surface area contributed by atoms with Gasteiger partial charge in [0.2, 0.25) is 5.91 Å². The van der Waals surface area contributed by atoms with Crippen LogP contribution in [0.15, 0.2) is 36.9 Å². The zero-order valence-corrected chi connectivity index (χ0v) is 14.1. The molecule has 0 bridgehead atoms. The van der Waals surface area contributed by atoms with Crippen molar-refractivity contribution >= 4 is 16.9 Å². The summed E-state index contributed by atoms with van der Waals surface area (Å²) in [5.41, 5.74) is 1.77. The van der Waals surface area contributed by atoms with Gasteiger partial charge in [-0.05, 0) is 24.1 Å². The maximum absolute atomic E-state index is 12.4. The Bertz CT molecular complexity index is 884. The summed E-state index contributed by atoms with van der Waals surface area (Å²) in [6.07, 6.45) is 8.49. The van der Waals surface area contributed by atoms with Crippen molar-refractivity contribution in [3.8, 4) is 0 Å². The molecule has 0 radical (unpaired) electrons. The second-order valence-electron chi connectivity index (χ2n) is 6.43. The third kappa shape index (κ3) is 3.15. The Kier molecular flexibility index (Phi) is 4.23. The summed E-state index contributed by atoms with van der Waals surface area (Å²) in [4.78, 5) is 24.1. The fourth-order valence-corrected chi connectivity index (χ4v) is 3.42. The molecule has 0 aliphatic carbocycles. The predicted octanol–water partition coefficient (Wildman–Crippen LogP) is 1.73. The van der Waals surface area contributed by atoms with Crippen molar-refractivity contribution in [1.82, 2.24) is 24.8 Å². The van der Waals surface area contributed by atoms with Gasteiger partial charge in [-0.2, -0.15) is 0 Å². The number of imidazole rings is 1. The summed E-state index contributed by atoms with van der Waals surface area (Å²) in [5.74, 6) is 1.17. The minimum Gasteiger partial charge on any atom is -0.370 e. The second kappa shape index (κ2) is 6.68. The summed E-state index contributed by atoms with van der Waals surface area (Å²) in [6.45, 7) is 1.29. The Hall–Kier alpha value is -2.67. The van der Waals surface area contributed by atoms with E-state index in [1.807, 2.05) is 36.1 Å². The van der Waals surface area contributed by atoms with E-state index >= 15 is 0 Å². The number of rotatable bonds is 5. The number of fused-ring (bicyclic) bond motifs is 1. The zero-order chi connectivity index (χ0) is 17.2. The topological polar surface area (TPSA) is 84.8 Å². The number of nitrogens with zero attached hydrogens (tertiary/aromatic N) is 3. The lowest BCUT2D eigenvalue weighted by atomic mass is 10.0. The number of H-pyrrole nitrogens is 1. The van der Waals surface area contributed by atoms with Crippen LogP contribution in [0, 0.1) is 5.92 Å². The van der Waals surface area contributed by atoms with Crippen molar-refractivity contribution in [3.05, 3.63) is 48.3 Å². The average Bonchev–Trinajstić information content (AvgIpc) is 3.33. The second-order valence-corrected chi connectivity index (χ2v) is 6.43. The highest BCUT2D eigenvalue weighted by molar-refractivity contribution is 5.87. The molecule has 25 heavy (non-hydrogen) atoms. The van der Waals surface area contributed by atoms with Crippen molar-refractivity contribution in [1.29, 1.82) is 0 Å². The number of ether oxygens (including phenoxy) is 1. The molecule has 1 aliphatic rings. The quantitative estimate of drug-likeness (QED) is 0.741. The summed E-state index contributed by atoms with van der Waals surface area (Å²) < 4.78 is 7.81. The maximum atomic E-state index is 12.4. The van der Waals surface area contributed by atoms with Crippen molar-refractivity contribution in [2.45, 2.75) is 18.9 Å². The number of pyridine rings is 1. The highest BCUT2D eigenvalue weighted by Gasteiger charge is 2.32. The Labute approximate surface area is 145 Å². The smallest absolute Gasteiger partial charge is 0.224 e. The molecule has 1 fully saturated rings. The monoisotopic (exact) mass is 339 g/mol. The van der Waals surface area contributed by atoms with Gasteiger partial charge >= 0.3 is 0 Å². The fraction of sp³-hybridized carbons (Fsp3) is 0.389. The molecule has 0 saturated carbocycles. The molecule has 0 aromatic carbocycles. The largest absolute Gasteiger partial charge is 0.370 e. The van der Waals surface area contributed by atoms with Gasteiger partial charge in [0.15, 0.2) is 0 Å². The van der Waals surface area contributed by atoms with Gasteiger partial charge in [-0.25, -0.2) is 9.97 Å². The van der Waals surface area contributed by atoms with Crippen LogP contribution in [-0.4, -0.2) is 38.6 Å². The number of hydrogen-bond donors (Lipinski definition) is 2. The third-order valence-electron chi connectivity index (χ3n) is 4.78. The predicted molar refractivity (Wildman–Crippen MR) is 92.8 cm³/mol. The molecule has 0 spiro atoms. The first-order chi connectivity index (χ1) is 12.2. The SMILES string of the molecule is Cn1ccnc1[C@@H]1OCC[C@H]1CNC(=O)Cc1c[nH]c2ncccc12. The summed E-state index contributed by atoms with van der Waals surface area (Å²) in [7, 11) is 1.96. The molecule has 1 saturated heterocycles. The average molecular weight is 339 g/mol. The van der Waals surface area contributed by atoms with Gasteiger partial charge in [0.05, 0.1) is 6.42 Å². The van der Waals surface area contributed by atoms with E-state index in [9.17, 15) is 4.79 Å². The molecule has 7 heteroatoms. The first kappa shape index (κ1) is 15.8. The van der Waals surface area contributed by atoms with E-state index in [4.69, 9.17) is 4.74 Å². The molecule has 2 N–H and O–H groups in total. The van der Waals surface area contributed by atoms with E-state index in [0.717, 1.165) is 28.8 Å². The Morgan fingerprint density at radius 2 is 2.36 bits per heavy atom.